The van der Waals surface area contributed by atoms with Gasteiger partial charge in [0.25, 0.3) is 0 Å². The van der Waals surface area contributed by atoms with Gasteiger partial charge in [0.05, 0.1) is 17.0 Å². The van der Waals surface area contributed by atoms with Gasteiger partial charge in [-0.3, -0.25) is 9.59 Å². The summed E-state index contributed by atoms with van der Waals surface area (Å²) in [5, 5.41) is 6.45. The number of carbonyl (C=O) groups is 2. The zero-order chi connectivity index (χ0) is 20.1. The summed E-state index contributed by atoms with van der Waals surface area (Å²) in [7, 11) is 0. The van der Waals surface area contributed by atoms with Gasteiger partial charge in [0.15, 0.2) is 0 Å². The van der Waals surface area contributed by atoms with Gasteiger partial charge < -0.3 is 15.1 Å². The molecule has 0 bridgehead atoms. The van der Waals surface area contributed by atoms with Gasteiger partial charge in [-0.2, -0.15) is 0 Å². The summed E-state index contributed by atoms with van der Waals surface area (Å²) in [6.07, 6.45) is 0. The summed E-state index contributed by atoms with van der Waals surface area (Å²) in [5.74, 6) is 0.672. The molecule has 0 radical (unpaired) electrons. The van der Waals surface area contributed by atoms with Crippen molar-refractivity contribution in [1.29, 1.82) is 0 Å². The number of hydrogen-bond donors (Lipinski definition) is 2. The largest absolute Gasteiger partial charge is 0.459 e. The Hall–Kier alpha value is -2.73. The average molecular weight is 397 g/mol. The van der Waals surface area contributed by atoms with Crippen LogP contribution in [0.15, 0.2) is 59.0 Å². The van der Waals surface area contributed by atoms with E-state index in [-0.39, 0.29) is 28.9 Å². The number of fused-ring (bicyclic) bond motifs is 1. The lowest BCUT2D eigenvalue weighted by atomic mass is 10.2. The molecule has 0 aliphatic carbocycles. The van der Waals surface area contributed by atoms with E-state index in [4.69, 9.17) is 4.42 Å². The molecular formula is C22H24N2O3S. The fourth-order valence-electron chi connectivity index (χ4n) is 2.73. The van der Waals surface area contributed by atoms with Crippen molar-refractivity contribution in [1.82, 2.24) is 5.32 Å². The molecule has 2 unspecified atom stereocenters. The van der Waals surface area contributed by atoms with Crippen LogP contribution in [0.1, 0.15) is 31.2 Å². The molecule has 6 heteroatoms. The summed E-state index contributed by atoms with van der Waals surface area (Å²) in [6, 6.07) is 17.0. The van der Waals surface area contributed by atoms with Crippen molar-refractivity contribution < 1.29 is 14.0 Å². The second-order valence-electron chi connectivity index (χ2n) is 6.78. The van der Waals surface area contributed by atoms with Crippen LogP contribution < -0.4 is 10.6 Å². The molecular weight excluding hydrogens is 372 g/mol. The van der Waals surface area contributed by atoms with Gasteiger partial charge in [-0.1, -0.05) is 35.9 Å². The van der Waals surface area contributed by atoms with Crippen molar-refractivity contribution >= 4 is 40.2 Å². The van der Waals surface area contributed by atoms with Gasteiger partial charge >= 0.3 is 0 Å². The molecule has 28 heavy (non-hydrogen) atoms. The maximum absolute atomic E-state index is 12.4. The van der Waals surface area contributed by atoms with E-state index in [2.05, 4.69) is 10.6 Å². The first-order chi connectivity index (χ1) is 13.4. The summed E-state index contributed by atoms with van der Waals surface area (Å²) in [6.45, 7) is 5.68. The van der Waals surface area contributed by atoms with Crippen LogP contribution in [0.3, 0.4) is 0 Å². The molecule has 0 aliphatic rings. The van der Waals surface area contributed by atoms with Crippen LogP contribution in [0.2, 0.25) is 0 Å². The van der Waals surface area contributed by atoms with Crippen molar-refractivity contribution in [2.45, 2.75) is 32.1 Å². The van der Waals surface area contributed by atoms with Crippen molar-refractivity contribution in [2.24, 2.45) is 0 Å². The Bertz CT molecular complexity index is 932. The predicted molar refractivity (Wildman–Crippen MR) is 115 cm³/mol. The highest BCUT2D eigenvalue weighted by Crippen LogP contribution is 2.24. The molecule has 0 aliphatic heterocycles. The second-order valence-corrected chi connectivity index (χ2v) is 8.11. The van der Waals surface area contributed by atoms with Crippen LogP contribution in [-0.4, -0.2) is 22.8 Å². The Kier molecular flexibility index (Phi) is 6.41. The van der Waals surface area contributed by atoms with Gasteiger partial charge in [-0.25, -0.2) is 0 Å². The molecule has 1 heterocycles. The van der Waals surface area contributed by atoms with E-state index >= 15 is 0 Å². The Labute approximate surface area is 168 Å². The summed E-state index contributed by atoms with van der Waals surface area (Å²) < 4.78 is 5.80. The number of nitrogens with one attached hydrogen (secondary N) is 2. The van der Waals surface area contributed by atoms with Crippen molar-refractivity contribution in [2.75, 3.05) is 11.1 Å². The Morgan fingerprint density at radius 2 is 1.79 bits per heavy atom. The quantitative estimate of drug-likeness (QED) is 0.608. The van der Waals surface area contributed by atoms with Crippen LogP contribution in [0.25, 0.3) is 11.0 Å². The number of para-hydroxylation sites is 1. The molecule has 2 atom stereocenters. The Morgan fingerprint density at radius 1 is 1.07 bits per heavy atom. The molecule has 0 saturated carbocycles. The number of furan rings is 1. The van der Waals surface area contributed by atoms with E-state index in [0.29, 0.717) is 5.76 Å². The Balaban J connectivity index is 1.48. The van der Waals surface area contributed by atoms with E-state index < -0.39 is 0 Å². The van der Waals surface area contributed by atoms with Crippen LogP contribution in [0.5, 0.6) is 0 Å². The standard InChI is InChI=1S/C22H24N2O3S/c1-14-8-10-18(11-9-14)24-21(25)13-28-16(3)22(26)23-15(2)20-12-17-6-4-5-7-19(17)27-20/h4-12,15-16H,13H2,1-3H3,(H,23,26)(H,24,25). The Morgan fingerprint density at radius 3 is 2.50 bits per heavy atom. The van der Waals surface area contributed by atoms with Crippen LogP contribution in [0, 0.1) is 6.92 Å². The zero-order valence-corrected chi connectivity index (χ0v) is 17.0. The van der Waals surface area contributed by atoms with E-state index in [9.17, 15) is 9.59 Å². The number of hydrogen-bond acceptors (Lipinski definition) is 4. The third kappa shape index (κ3) is 5.16. The first-order valence-electron chi connectivity index (χ1n) is 9.19. The topological polar surface area (TPSA) is 71.3 Å². The number of benzene rings is 2. The summed E-state index contributed by atoms with van der Waals surface area (Å²) >= 11 is 1.30. The zero-order valence-electron chi connectivity index (χ0n) is 16.2. The minimum absolute atomic E-state index is 0.124. The molecule has 0 spiro atoms. The SMILES string of the molecule is Cc1ccc(NC(=O)CSC(C)C(=O)NC(C)c2cc3ccccc3o2)cc1. The van der Waals surface area contributed by atoms with E-state index in [0.717, 1.165) is 22.2 Å². The lowest BCUT2D eigenvalue weighted by Gasteiger charge is -2.15. The molecule has 146 valence electrons. The van der Waals surface area contributed by atoms with Crippen LogP contribution in [-0.2, 0) is 9.59 Å². The van der Waals surface area contributed by atoms with Crippen LogP contribution in [0.4, 0.5) is 5.69 Å². The maximum Gasteiger partial charge on any atom is 0.234 e. The van der Waals surface area contributed by atoms with E-state index in [1.54, 1.807) is 6.92 Å². The third-order valence-electron chi connectivity index (χ3n) is 4.40. The highest BCUT2D eigenvalue weighted by Gasteiger charge is 2.20. The molecule has 5 nitrogen and oxygen atoms in total. The second kappa shape index (κ2) is 8.97. The minimum atomic E-state index is -0.351. The highest BCUT2D eigenvalue weighted by atomic mass is 32.2. The van der Waals surface area contributed by atoms with Gasteiger partial charge in [-0.05, 0) is 45.0 Å². The van der Waals surface area contributed by atoms with Crippen molar-refractivity contribution in [3.8, 4) is 0 Å². The average Bonchev–Trinajstić information content (AvgIpc) is 3.12. The van der Waals surface area contributed by atoms with E-state index in [1.165, 1.54) is 11.8 Å². The van der Waals surface area contributed by atoms with Gasteiger partial charge in [0, 0.05) is 11.1 Å². The molecule has 2 N–H and O–H groups in total. The number of carbonyl (C=O) groups excluding carboxylic acids is 2. The number of amides is 2. The van der Waals surface area contributed by atoms with E-state index in [1.807, 2.05) is 68.4 Å². The smallest absolute Gasteiger partial charge is 0.234 e. The third-order valence-corrected chi connectivity index (χ3v) is 5.54. The van der Waals surface area contributed by atoms with Crippen molar-refractivity contribution in [3.05, 3.63) is 65.9 Å². The summed E-state index contributed by atoms with van der Waals surface area (Å²) in [5.41, 5.74) is 2.69. The minimum Gasteiger partial charge on any atom is -0.459 e. The van der Waals surface area contributed by atoms with Crippen molar-refractivity contribution in [3.63, 3.8) is 0 Å². The number of thioether (sulfide) groups is 1. The molecule has 2 aromatic carbocycles. The first kappa shape index (κ1) is 20.0. The fourth-order valence-corrected chi connectivity index (χ4v) is 3.42. The predicted octanol–water partition coefficient (Wildman–Crippen LogP) is 4.68. The molecule has 3 rings (SSSR count). The van der Waals surface area contributed by atoms with Crippen LogP contribution >= 0.6 is 11.8 Å². The molecule has 2 amide bonds. The lowest BCUT2D eigenvalue weighted by molar-refractivity contribution is -0.121. The number of rotatable bonds is 7. The van der Waals surface area contributed by atoms with Gasteiger partial charge in [-0.15, -0.1) is 11.8 Å². The molecule has 3 aromatic rings. The fraction of sp³-hybridized carbons (Fsp3) is 0.273. The maximum atomic E-state index is 12.4. The summed E-state index contributed by atoms with van der Waals surface area (Å²) in [4.78, 5) is 24.5. The van der Waals surface area contributed by atoms with Gasteiger partial charge in [0.2, 0.25) is 11.8 Å². The van der Waals surface area contributed by atoms with Gasteiger partial charge in [0.1, 0.15) is 11.3 Å². The highest BCUT2D eigenvalue weighted by molar-refractivity contribution is 8.01. The molecule has 0 saturated heterocycles. The first-order valence-corrected chi connectivity index (χ1v) is 10.2. The number of anilines is 1. The number of aryl methyl sites for hydroxylation is 1. The molecule has 0 fully saturated rings. The lowest BCUT2D eigenvalue weighted by Crippen LogP contribution is -2.33. The monoisotopic (exact) mass is 396 g/mol. The molecule has 1 aromatic heterocycles. The normalized spacial score (nSPS) is 13.1.